The van der Waals surface area contributed by atoms with Gasteiger partial charge in [0.25, 0.3) is 0 Å². The Kier molecular flexibility index (Phi) is 6.13. The van der Waals surface area contributed by atoms with Crippen molar-refractivity contribution in [1.82, 2.24) is 14.9 Å². The Hall–Kier alpha value is -2.22. The lowest BCUT2D eigenvalue weighted by atomic mass is 10.1. The van der Waals surface area contributed by atoms with E-state index in [1.54, 1.807) is 0 Å². The maximum absolute atomic E-state index is 5.47. The van der Waals surface area contributed by atoms with Crippen LogP contribution in [-0.4, -0.2) is 80.6 Å². The third-order valence-electron chi connectivity index (χ3n) is 4.92. The van der Waals surface area contributed by atoms with E-state index in [1.165, 1.54) is 0 Å². The topological polar surface area (TPSA) is 62.8 Å². The summed E-state index contributed by atoms with van der Waals surface area (Å²) in [6, 6.07) is 12.3. The van der Waals surface area contributed by atoms with Crippen LogP contribution < -0.4 is 10.2 Å². The molecule has 0 saturated carbocycles. The molecule has 2 saturated heterocycles. The Morgan fingerprint density at radius 1 is 0.889 bits per heavy atom. The monoisotopic (exact) mass is 369 g/mol. The number of benzene rings is 1. The summed E-state index contributed by atoms with van der Waals surface area (Å²) >= 11 is 0. The van der Waals surface area contributed by atoms with Crippen molar-refractivity contribution in [2.24, 2.45) is 0 Å². The number of rotatable bonds is 6. The highest BCUT2D eigenvalue weighted by Crippen LogP contribution is 2.23. The van der Waals surface area contributed by atoms with Gasteiger partial charge in [-0.15, -0.1) is 0 Å². The van der Waals surface area contributed by atoms with Crippen molar-refractivity contribution in [2.75, 3.05) is 75.9 Å². The lowest BCUT2D eigenvalue weighted by molar-refractivity contribution is 0.0398. The van der Waals surface area contributed by atoms with Gasteiger partial charge in [-0.05, 0) is 0 Å². The predicted octanol–water partition coefficient (Wildman–Crippen LogP) is 1.72. The summed E-state index contributed by atoms with van der Waals surface area (Å²) in [4.78, 5) is 14.2. The Bertz CT molecular complexity index is 716. The number of ether oxygens (including phenoxy) is 2. The molecule has 3 heterocycles. The third-order valence-corrected chi connectivity index (χ3v) is 4.92. The number of morpholine rings is 2. The summed E-state index contributed by atoms with van der Waals surface area (Å²) in [5, 5.41) is 3.49. The molecule has 0 spiro atoms. The van der Waals surface area contributed by atoms with Crippen LogP contribution in [0, 0.1) is 0 Å². The highest BCUT2D eigenvalue weighted by atomic mass is 16.5. The molecule has 1 aromatic carbocycles. The second-order valence-electron chi connectivity index (χ2n) is 6.78. The molecule has 0 bridgehead atoms. The molecule has 1 N–H and O–H groups in total. The molecule has 0 atom stereocenters. The van der Waals surface area contributed by atoms with Gasteiger partial charge in [0, 0.05) is 50.9 Å². The summed E-state index contributed by atoms with van der Waals surface area (Å²) in [5.41, 5.74) is 2.05. The van der Waals surface area contributed by atoms with Crippen LogP contribution in [0.2, 0.25) is 0 Å². The number of aromatic nitrogens is 2. The molecule has 0 amide bonds. The van der Waals surface area contributed by atoms with Crippen molar-refractivity contribution in [3.63, 3.8) is 0 Å². The first kappa shape index (κ1) is 18.2. The Morgan fingerprint density at radius 2 is 1.59 bits per heavy atom. The van der Waals surface area contributed by atoms with Gasteiger partial charge >= 0.3 is 0 Å². The van der Waals surface area contributed by atoms with Crippen molar-refractivity contribution in [1.29, 1.82) is 0 Å². The van der Waals surface area contributed by atoms with Crippen LogP contribution in [-0.2, 0) is 9.47 Å². The molecule has 2 aliphatic rings. The summed E-state index contributed by atoms with van der Waals surface area (Å²) in [5.74, 6) is 1.65. The standard InChI is InChI=1S/C20H27N5O2/c1-2-4-17(5-3-1)18-16-19(21-6-7-24-8-12-26-13-9-24)23-20(22-18)25-10-14-27-15-11-25/h1-5,16H,6-15H2,(H,21,22,23). The molecule has 0 unspecified atom stereocenters. The van der Waals surface area contributed by atoms with Crippen molar-refractivity contribution in [3.8, 4) is 11.3 Å². The van der Waals surface area contributed by atoms with Crippen LogP contribution in [0.1, 0.15) is 0 Å². The number of hydrogen-bond donors (Lipinski definition) is 1. The first-order valence-electron chi connectivity index (χ1n) is 9.70. The normalized spacial score (nSPS) is 18.4. The maximum Gasteiger partial charge on any atom is 0.228 e. The van der Waals surface area contributed by atoms with Crippen LogP contribution >= 0.6 is 0 Å². The van der Waals surface area contributed by atoms with Crippen molar-refractivity contribution in [3.05, 3.63) is 36.4 Å². The van der Waals surface area contributed by atoms with E-state index in [9.17, 15) is 0 Å². The molecule has 2 fully saturated rings. The summed E-state index contributed by atoms with van der Waals surface area (Å²) in [7, 11) is 0. The van der Waals surface area contributed by atoms with E-state index >= 15 is 0 Å². The lowest BCUT2D eigenvalue weighted by Crippen LogP contribution is -2.39. The van der Waals surface area contributed by atoms with E-state index in [0.717, 1.165) is 88.7 Å². The van der Waals surface area contributed by atoms with E-state index in [0.29, 0.717) is 0 Å². The Balaban J connectivity index is 1.50. The van der Waals surface area contributed by atoms with Gasteiger partial charge < -0.3 is 19.7 Å². The van der Waals surface area contributed by atoms with Crippen molar-refractivity contribution >= 4 is 11.8 Å². The van der Waals surface area contributed by atoms with Crippen LogP contribution in [0.4, 0.5) is 11.8 Å². The number of nitrogens with zero attached hydrogens (tertiary/aromatic N) is 4. The molecule has 2 aromatic rings. The average Bonchev–Trinajstić information content (AvgIpc) is 2.76. The highest BCUT2D eigenvalue weighted by Gasteiger charge is 2.16. The van der Waals surface area contributed by atoms with Crippen LogP contribution in [0.3, 0.4) is 0 Å². The molecule has 2 aliphatic heterocycles. The minimum atomic E-state index is 0.721. The lowest BCUT2D eigenvalue weighted by Gasteiger charge is -2.28. The van der Waals surface area contributed by atoms with Gasteiger partial charge in [0.05, 0.1) is 32.1 Å². The average molecular weight is 369 g/mol. The van der Waals surface area contributed by atoms with Gasteiger partial charge in [0.15, 0.2) is 0 Å². The van der Waals surface area contributed by atoms with Crippen LogP contribution in [0.5, 0.6) is 0 Å². The fourth-order valence-electron chi connectivity index (χ4n) is 3.35. The van der Waals surface area contributed by atoms with Gasteiger partial charge in [-0.3, -0.25) is 4.90 Å². The van der Waals surface area contributed by atoms with Gasteiger partial charge in [-0.1, -0.05) is 30.3 Å². The summed E-state index contributed by atoms with van der Waals surface area (Å²) < 4.78 is 10.9. The zero-order valence-corrected chi connectivity index (χ0v) is 15.6. The zero-order chi connectivity index (χ0) is 18.3. The van der Waals surface area contributed by atoms with Crippen LogP contribution in [0.15, 0.2) is 36.4 Å². The minimum Gasteiger partial charge on any atom is -0.379 e. The van der Waals surface area contributed by atoms with Gasteiger partial charge in [0.2, 0.25) is 5.95 Å². The SMILES string of the molecule is c1ccc(-c2cc(NCCN3CCOCC3)nc(N3CCOCC3)n2)cc1. The quantitative estimate of drug-likeness (QED) is 0.832. The van der Waals surface area contributed by atoms with E-state index in [4.69, 9.17) is 19.4 Å². The van der Waals surface area contributed by atoms with Gasteiger partial charge in [-0.2, -0.15) is 4.98 Å². The molecule has 7 heteroatoms. The first-order valence-corrected chi connectivity index (χ1v) is 9.70. The molecule has 1 aromatic heterocycles. The predicted molar refractivity (Wildman–Crippen MR) is 106 cm³/mol. The molecule has 7 nitrogen and oxygen atoms in total. The summed E-state index contributed by atoms with van der Waals surface area (Å²) in [6.45, 7) is 8.59. The molecule has 0 radical (unpaired) electrons. The molecule has 144 valence electrons. The third kappa shape index (κ3) is 4.94. The van der Waals surface area contributed by atoms with Gasteiger partial charge in [0.1, 0.15) is 5.82 Å². The molecule has 4 rings (SSSR count). The maximum atomic E-state index is 5.47. The number of anilines is 2. The second kappa shape index (κ2) is 9.12. The second-order valence-corrected chi connectivity index (χ2v) is 6.78. The van der Waals surface area contributed by atoms with E-state index < -0.39 is 0 Å². The summed E-state index contributed by atoms with van der Waals surface area (Å²) in [6.07, 6.45) is 0. The molecule has 0 aliphatic carbocycles. The Labute approximate surface area is 160 Å². The van der Waals surface area contributed by atoms with Crippen LogP contribution in [0.25, 0.3) is 11.3 Å². The largest absolute Gasteiger partial charge is 0.379 e. The molecular weight excluding hydrogens is 342 g/mol. The van der Waals surface area contributed by atoms with Crippen molar-refractivity contribution in [2.45, 2.75) is 0 Å². The minimum absolute atomic E-state index is 0.721. The fourth-order valence-corrected chi connectivity index (χ4v) is 3.35. The van der Waals surface area contributed by atoms with E-state index in [2.05, 4.69) is 27.2 Å². The molecular formula is C20H27N5O2. The fraction of sp³-hybridized carbons (Fsp3) is 0.500. The molecule has 27 heavy (non-hydrogen) atoms. The smallest absolute Gasteiger partial charge is 0.228 e. The van der Waals surface area contributed by atoms with Crippen molar-refractivity contribution < 1.29 is 9.47 Å². The van der Waals surface area contributed by atoms with Gasteiger partial charge in [-0.25, -0.2) is 4.98 Å². The number of nitrogens with one attached hydrogen (secondary N) is 1. The van der Waals surface area contributed by atoms with E-state index in [1.807, 2.05) is 24.3 Å². The van der Waals surface area contributed by atoms with E-state index in [-0.39, 0.29) is 0 Å². The highest BCUT2D eigenvalue weighted by molar-refractivity contribution is 5.64. The number of hydrogen-bond acceptors (Lipinski definition) is 7. The zero-order valence-electron chi connectivity index (χ0n) is 15.6. The first-order chi connectivity index (χ1) is 13.4. The Morgan fingerprint density at radius 3 is 2.33 bits per heavy atom.